The summed E-state index contributed by atoms with van der Waals surface area (Å²) in [6.07, 6.45) is -0.810. The first-order valence-electron chi connectivity index (χ1n) is 5.83. The predicted octanol–water partition coefficient (Wildman–Crippen LogP) is 2.11. The summed E-state index contributed by atoms with van der Waals surface area (Å²) in [5.74, 6) is 6.43. The standard InChI is InChI=1S/C14H17NO4/c1-11(2)19-14(16)15-18-10-4-5-12-6-8-13(17-3)9-7-12/h6-9,11H,10H2,1-3H3,(H,15,16). The molecule has 5 heteroatoms. The van der Waals surface area contributed by atoms with Gasteiger partial charge in [0.1, 0.15) is 12.4 Å². The summed E-state index contributed by atoms with van der Waals surface area (Å²) in [4.78, 5) is 15.9. The van der Waals surface area contributed by atoms with E-state index in [4.69, 9.17) is 14.3 Å². The first-order chi connectivity index (χ1) is 9.11. The number of hydrogen-bond donors (Lipinski definition) is 1. The number of benzene rings is 1. The van der Waals surface area contributed by atoms with E-state index in [1.54, 1.807) is 21.0 Å². The van der Waals surface area contributed by atoms with Crippen LogP contribution in [0.2, 0.25) is 0 Å². The summed E-state index contributed by atoms with van der Waals surface area (Å²) < 4.78 is 9.84. The number of rotatable bonds is 4. The molecule has 0 unspecified atom stereocenters. The van der Waals surface area contributed by atoms with Crippen LogP contribution in [0.25, 0.3) is 0 Å². The predicted molar refractivity (Wildman–Crippen MR) is 70.6 cm³/mol. The summed E-state index contributed by atoms with van der Waals surface area (Å²) in [5.41, 5.74) is 2.98. The third-order valence-electron chi connectivity index (χ3n) is 1.97. The monoisotopic (exact) mass is 263 g/mol. The van der Waals surface area contributed by atoms with Crippen LogP contribution < -0.4 is 10.2 Å². The van der Waals surface area contributed by atoms with Crippen LogP contribution in [-0.2, 0) is 9.57 Å². The maximum Gasteiger partial charge on any atom is 0.431 e. The van der Waals surface area contributed by atoms with Crippen molar-refractivity contribution in [2.45, 2.75) is 20.0 Å². The molecular formula is C14H17NO4. The molecule has 5 nitrogen and oxygen atoms in total. The summed E-state index contributed by atoms with van der Waals surface area (Å²) in [6.45, 7) is 3.59. The molecule has 0 saturated carbocycles. The van der Waals surface area contributed by atoms with E-state index in [1.165, 1.54) is 0 Å². The molecule has 0 spiro atoms. The van der Waals surface area contributed by atoms with Gasteiger partial charge in [-0.25, -0.2) is 4.79 Å². The highest BCUT2D eigenvalue weighted by atomic mass is 16.7. The van der Waals surface area contributed by atoms with Crippen LogP contribution in [0.4, 0.5) is 4.79 Å². The molecule has 0 radical (unpaired) electrons. The normalized spacial score (nSPS) is 9.47. The van der Waals surface area contributed by atoms with Crippen molar-refractivity contribution in [2.75, 3.05) is 13.7 Å². The van der Waals surface area contributed by atoms with Gasteiger partial charge in [0, 0.05) is 5.56 Å². The Balaban J connectivity index is 2.29. The molecule has 1 N–H and O–H groups in total. The number of hydroxylamine groups is 1. The van der Waals surface area contributed by atoms with Gasteiger partial charge >= 0.3 is 6.09 Å². The lowest BCUT2D eigenvalue weighted by Crippen LogP contribution is -2.27. The average Bonchev–Trinajstić information content (AvgIpc) is 2.38. The van der Waals surface area contributed by atoms with E-state index < -0.39 is 6.09 Å². The van der Waals surface area contributed by atoms with E-state index in [0.29, 0.717) is 0 Å². The van der Waals surface area contributed by atoms with Crippen molar-refractivity contribution in [3.05, 3.63) is 29.8 Å². The van der Waals surface area contributed by atoms with E-state index >= 15 is 0 Å². The average molecular weight is 263 g/mol. The first-order valence-corrected chi connectivity index (χ1v) is 5.83. The largest absolute Gasteiger partial charge is 0.497 e. The van der Waals surface area contributed by atoms with Crippen molar-refractivity contribution in [3.63, 3.8) is 0 Å². The van der Waals surface area contributed by atoms with E-state index in [0.717, 1.165) is 11.3 Å². The molecule has 0 aromatic heterocycles. The minimum absolute atomic E-state index is 0.0826. The third-order valence-corrected chi connectivity index (χ3v) is 1.97. The van der Waals surface area contributed by atoms with Gasteiger partial charge in [-0.15, -0.1) is 0 Å². The molecule has 0 heterocycles. The Morgan fingerprint density at radius 1 is 1.32 bits per heavy atom. The molecule has 0 fully saturated rings. The number of carbonyl (C=O) groups is 1. The molecule has 0 saturated heterocycles. The minimum atomic E-state index is -0.624. The lowest BCUT2D eigenvalue weighted by atomic mass is 10.2. The van der Waals surface area contributed by atoms with Crippen molar-refractivity contribution in [1.82, 2.24) is 5.48 Å². The van der Waals surface area contributed by atoms with Crippen LogP contribution in [0.15, 0.2) is 24.3 Å². The van der Waals surface area contributed by atoms with E-state index in [1.807, 2.05) is 24.3 Å². The Morgan fingerprint density at radius 3 is 2.58 bits per heavy atom. The van der Waals surface area contributed by atoms with Gasteiger partial charge in [-0.1, -0.05) is 11.8 Å². The summed E-state index contributed by atoms with van der Waals surface area (Å²) >= 11 is 0. The second kappa shape index (κ2) is 8.01. The molecule has 1 aromatic rings. The van der Waals surface area contributed by atoms with Gasteiger partial charge < -0.3 is 9.47 Å². The lowest BCUT2D eigenvalue weighted by Gasteiger charge is -2.07. The number of methoxy groups -OCH3 is 1. The third kappa shape index (κ3) is 6.34. The second-order valence-corrected chi connectivity index (χ2v) is 3.88. The molecule has 0 aliphatic rings. The molecule has 0 atom stereocenters. The van der Waals surface area contributed by atoms with Crippen molar-refractivity contribution >= 4 is 6.09 Å². The molecule has 19 heavy (non-hydrogen) atoms. The van der Waals surface area contributed by atoms with Gasteiger partial charge in [0.05, 0.1) is 13.2 Å². The SMILES string of the molecule is COc1ccc(C#CCONC(=O)OC(C)C)cc1. The molecule has 102 valence electrons. The number of amides is 1. The summed E-state index contributed by atoms with van der Waals surface area (Å²) in [6, 6.07) is 7.32. The molecule has 1 amide bonds. The van der Waals surface area contributed by atoms with Crippen molar-refractivity contribution < 1.29 is 19.1 Å². The van der Waals surface area contributed by atoms with Gasteiger partial charge in [-0.3, -0.25) is 4.84 Å². The summed E-state index contributed by atoms with van der Waals surface area (Å²) in [7, 11) is 1.61. The first kappa shape index (κ1) is 14.9. The maximum absolute atomic E-state index is 11.0. The van der Waals surface area contributed by atoms with Gasteiger partial charge in [-0.05, 0) is 38.1 Å². The van der Waals surface area contributed by atoms with Crippen LogP contribution in [0, 0.1) is 11.8 Å². The molecule has 0 aliphatic carbocycles. The fraction of sp³-hybridized carbons (Fsp3) is 0.357. The number of nitrogens with one attached hydrogen (secondary N) is 1. The fourth-order valence-electron chi connectivity index (χ4n) is 1.18. The molecule has 0 bridgehead atoms. The lowest BCUT2D eigenvalue weighted by molar-refractivity contribution is 0.0317. The maximum atomic E-state index is 11.0. The Hall–Kier alpha value is -2.19. The van der Waals surface area contributed by atoms with Gasteiger partial charge in [0.2, 0.25) is 0 Å². The van der Waals surface area contributed by atoms with Crippen LogP contribution in [0.1, 0.15) is 19.4 Å². The Kier molecular flexibility index (Phi) is 6.27. The number of carbonyl (C=O) groups excluding carboxylic acids is 1. The van der Waals surface area contributed by atoms with Crippen molar-refractivity contribution in [3.8, 4) is 17.6 Å². The zero-order chi connectivity index (χ0) is 14.1. The van der Waals surface area contributed by atoms with Gasteiger partial charge in [0.25, 0.3) is 0 Å². The topological polar surface area (TPSA) is 56.8 Å². The van der Waals surface area contributed by atoms with E-state index in [2.05, 4.69) is 17.3 Å². The Bertz CT molecular complexity index is 457. The Morgan fingerprint density at radius 2 is 2.00 bits per heavy atom. The minimum Gasteiger partial charge on any atom is -0.497 e. The van der Waals surface area contributed by atoms with Gasteiger partial charge in [-0.2, -0.15) is 5.48 Å². The van der Waals surface area contributed by atoms with E-state index in [9.17, 15) is 4.79 Å². The smallest absolute Gasteiger partial charge is 0.431 e. The van der Waals surface area contributed by atoms with Crippen LogP contribution >= 0.6 is 0 Å². The highest BCUT2D eigenvalue weighted by molar-refractivity contribution is 5.65. The highest BCUT2D eigenvalue weighted by Gasteiger charge is 2.02. The van der Waals surface area contributed by atoms with Crippen molar-refractivity contribution in [2.24, 2.45) is 0 Å². The molecule has 1 aromatic carbocycles. The second-order valence-electron chi connectivity index (χ2n) is 3.88. The van der Waals surface area contributed by atoms with Gasteiger partial charge in [0.15, 0.2) is 0 Å². The van der Waals surface area contributed by atoms with Crippen LogP contribution in [0.3, 0.4) is 0 Å². The molecular weight excluding hydrogens is 246 g/mol. The Labute approximate surface area is 112 Å². The molecule has 1 rings (SSSR count). The van der Waals surface area contributed by atoms with E-state index in [-0.39, 0.29) is 12.7 Å². The molecule has 0 aliphatic heterocycles. The highest BCUT2D eigenvalue weighted by Crippen LogP contribution is 2.09. The fourth-order valence-corrected chi connectivity index (χ4v) is 1.18. The number of ether oxygens (including phenoxy) is 2. The van der Waals surface area contributed by atoms with Crippen LogP contribution in [0.5, 0.6) is 5.75 Å². The number of hydrogen-bond acceptors (Lipinski definition) is 4. The van der Waals surface area contributed by atoms with Crippen LogP contribution in [-0.4, -0.2) is 25.9 Å². The quantitative estimate of drug-likeness (QED) is 0.513. The van der Waals surface area contributed by atoms with Crippen molar-refractivity contribution in [1.29, 1.82) is 0 Å². The zero-order valence-corrected chi connectivity index (χ0v) is 11.2. The zero-order valence-electron chi connectivity index (χ0n) is 11.2. The summed E-state index contributed by atoms with van der Waals surface area (Å²) in [5, 5.41) is 0.